The van der Waals surface area contributed by atoms with Gasteiger partial charge in [0, 0.05) is 11.5 Å². The van der Waals surface area contributed by atoms with E-state index >= 15 is 0 Å². The molecule has 0 aliphatic heterocycles. The third-order valence-corrected chi connectivity index (χ3v) is 13.6. The van der Waals surface area contributed by atoms with Crippen LogP contribution in [0, 0.1) is 11.8 Å². The van der Waals surface area contributed by atoms with Gasteiger partial charge in [0.15, 0.2) is 16.6 Å². The maximum Gasteiger partial charge on any atom is 0.182 e. The molecule has 2 unspecified atom stereocenters. The van der Waals surface area contributed by atoms with E-state index in [0.29, 0.717) is 11.8 Å². The summed E-state index contributed by atoms with van der Waals surface area (Å²) in [6.45, 7) is 12.5. The predicted octanol–water partition coefficient (Wildman–Crippen LogP) is 2.73. The SMILES string of the molecule is CC(CS(CC(C)C[Si](C)(C)O)=S=S=S)C[Si](C)(C)O. The maximum atomic E-state index is 10.0. The van der Waals surface area contributed by atoms with E-state index in [1.807, 2.05) is 35.1 Å². The van der Waals surface area contributed by atoms with Gasteiger partial charge in [-0.25, -0.2) is 0 Å². The average molecular weight is 391 g/mol. The fraction of sp³-hybridized carbons (Fsp3) is 1.00. The Bertz CT molecular complexity index is 365. The molecule has 0 rings (SSSR count). The van der Waals surface area contributed by atoms with Crippen molar-refractivity contribution >= 4 is 55.0 Å². The van der Waals surface area contributed by atoms with E-state index in [2.05, 4.69) is 13.8 Å². The van der Waals surface area contributed by atoms with Crippen LogP contribution in [0.15, 0.2) is 0 Å². The van der Waals surface area contributed by atoms with Gasteiger partial charge in [-0.15, -0.1) is 9.45 Å². The molecule has 0 amide bonds. The fourth-order valence-corrected chi connectivity index (χ4v) is 14.4. The van der Waals surface area contributed by atoms with Gasteiger partial charge in [-0.1, -0.05) is 13.8 Å². The normalized spacial score (nSPS) is 17.4. The van der Waals surface area contributed by atoms with Crippen LogP contribution < -0.4 is 0 Å². The van der Waals surface area contributed by atoms with Crippen LogP contribution in [-0.2, 0) is 38.4 Å². The van der Waals surface area contributed by atoms with Gasteiger partial charge in [0.25, 0.3) is 0 Å². The molecule has 8 heteroatoms. The highest BCUT2D eigenvalue weighted by Crippen LogP contribution is 2.19. The van der Waals surface area contributed by atoms with Crippen molar-refractivity contribution in [1.29, 1.82) is 0 Å². The molecule has 0 aliphatic carbocycles. The molecule has 0 aromatic heterocycles. The van der Waals surface area contributed by atoms with E-state index in [1.54, 1.807) is 0 Å². The Balaban J connectivity index is 4.62. The van der Waals surface area contributed by atoms with E-state index in [1.165, 1.54) is 8.88 Å². The lowest BCUT2D eigenvalue weighted by Gasteiger charge is -2.23. The Labute approximate surface area is 139 Å². The van der Waals surface area contributed by atoms with Crippen LogP contribution >= 0.6 is 0 Å². The third kappa shape index (κ3) is 13.1. The average Bonchev–Trinajstić information content (AvgIpc) is 2.10. The summed E-state index contributed by atoms with van der Waals surface area (Å²) in [5.74, 6) is 3.41. The lowest BCUT2D eigenvalue weighted by molar-refractivity contribution is 0.527. The van der Waals surface area contributed by atoms with Crippen molar-refractivity contribution in [2.45, 2.75) is 52.1 Å². The minimum Gasteiger partial charge on any atom is -0.432 e. The highest BCUT2D eigenvalue weighted by atomic mass is 33.2. The summed E-state index contributed by atoms with van der Waals surface area (Å²) in [5.41, 5.74) is 0. The number of rotatable bonds is 8. The van der Waals surface area contributed by atoms with E-state index in [9.17, 15) is 9.59 Å². The summed E-state index contributed by atoms with van der Waals surface area (Å²) < 4.78 is 0. The van der Waals surface area contributed by atoms with Gasteiger partial charge in [0.1, 0.15) is 0 Å². The first kappa shape index (κ1) is 21.4. The Morgan fingerprint density at radius 1 is 0.950 bits per heavy atom. The van der Waals surface area contributed by atoms with Crippen molar-refractivity contribution in [3.05, 3.63) is 0 Å². The van der Waals surface area contributed by atoms with Crippen molar-refractivity contribution in [2.75, 3.05) is 11.5 Å². The molecule has 122 valence electrons. The fourth-order valence-electron chi connectivity index (χ4n) is 2.62. The minimum atomic E-state index is -1.96. The van der Waals surface area contributed by atoms with Crippen LogP contribution in [0.3, 0.4) is 0 Å². The van der Waals surface area contributed by atoms with Gasteiger partial charge < -0.3 is 9.59 Å². The molecule has 0 saturated carbocycles. The first-order valence-electron chi connectivity index (χ1n) is 7.02. The highest BCUT2D eigenvalue weighted by Gasteiger charge is 2.23. The van der Waals surface area contributed by atoms with Crippen LogP contribution in [0.2, 0.25) is 38.3 Å². The van der Waals surface area contributed by atoms with Crippen molar-refractivity contribution in [1.82, 2.24) is 0 Å². The Hall–Kier alpha value is 1.36. The van der Waals surface area contributed by atoms with Gasteiger partial charge in [-0.05, 0) is 79.1 Å². The van der Waals surface area contributed by atoms with Crippen LogP contribution in [0.5, 0.6) is 0 Å². The van der Waals surface area contributed by atoms with Crippen LogP contribution in [0.25, 0.3) is 0 Å². The molecule has 0 aromatic carbocycles. The summed E-state index contributed by atoms with van der Waals surface area (Å²) >= 11 is 5.06. The molecule has 0 radical (unpaired) electrons. The lowest BCUT2D eigenvalue weighted by Crippen LogP contribution is -2.31. The highest BCUT2D eigenvalue weighted by molar-refractivity contribution is 8.58. The molecule has 0 heterocycles. The first-order chi connectivity index (χ1) is 8.93. The monoisotopic (exact) mass is 390 g/mol. The smallest absolute Gasteiger partial charge is 0.182 e. The van der Waals surface area contributed by atoms with Crippen LogP contribution in [0.1, 0.15) is 13.8 Å². The summed E-state index contributed by atoms with van der Waals surface area (Å²) in [5, 5.41) is 0. The van der Waals surface area contributed by atoms with Crippen molar-refractivity contribution in [3.63, 3.8) is 0 Å². The first-order valence-corrected chi connectivity index (χ1v) is 18.5. The molecule has 2 atom stereocenters. The Morgan fingerprint density at radius 2 is 1.30 bits per heavy atom. The molecule has 2 nitrogen and oxygen atoms in total. The Morgan fingerprint density at radius 3 is 1.55 bits per heavy atom. The summed E-state index contributed by atoms with van der Waals surface area (Å²) in [4.78, 5) is 20.1. The molecule has 0 saturated heterocycles. The molecular formula is C12H30O2S4Si2. The summed E-state index contributed by atoms with van der Waals surface area (Å²) in [6, 6.07) is 1.93. The second-order valence-electron chi connectivity index (χ2n) is 7.15. The van der Waals surface area contributed by atoms with Gasteiger partial charge >= 0.3 is 0 Å². The van der Waals surface area contributed by atoms with E-state index in [0.717, 1.165) is 23.6 Å². The maximum absolute atomic E-state index is 10.0. The zero-order chi connectivity index (χ0) is 16.0. The van der Waals surface area contributed by atoms with Gasteiger partial charge in [-0.2, -0.15) is 0 Å². The molecule has 0 aromatic rings. The molecule has 0 spiro atoms. The van der Waals surface area contributed by atoms with E-state index in [-0.39, 0.29) is 9.45 Å². The van der Waals surface area contributed by atoms with Crippen molar-refractivity contribution in [3.8, 4) is 0 Å². The van der Waals surface area contributed by atoms with E-state index in [4.69, 9.17) is 11.2 Å². The van der Waals surface area contributed by atoms with Crippen LogP contribution in [-0.4, -0.2) is 37.7 Å². The minimum absolute atomic E-state index is 0.244. The largest absolute Gasteiger partial charge is 0.432 e. The quantitative estimate of drug-likeness (QED) is 0.626. The second kappa shape index (κ2) is 9.49. The summed E-state index contributed by atoms with van der Waals surface area (Å²) in [6.07, 6.45) is 0. The zero-order valence-electron chi connectivity index (χ0n) is 13.5. The third-order valence-electron chi connectivity index (χ3n) is 2.76. The molecule has 0 bridgehead atoms. The van der Waals surface area contributed by atoms with Gasteiger partial charge in [-0.3, -0.25) is 0 Å². The zero-order valence-corrected chi connectivity index (χ0v) is 18.8. The summed E-state index contributed by atoms with van der Waals surface area (Å²) in [7, 11) is -0.423. The van der Waals surface area contributed by atoms with Crippen molar-refractivity contribution in [2.24, 2.45) is 11.8 Å². The second-order valence-corrected chi connectivity index (χ2v) is 21.7. The molecule has 20 heavy (non-hydrogen) atoms. The lowest BCUT2D eigenvalue weighted by atomic mass is 10.3. The molecular weight excluding hydrogens is 361 g/mol. The van der Waals surface area contributed by atoms with E-state index < -0.39 is 16.6 Å². The molecule has 0 aliphatic rings. The van der Waals surface area contributed by atoms with Crippen LogP contribution in [0.4, 0.5) is 0 Å². The van der Waals surface area contributed by atoms with Gasteiger partial charge in [0.2, 0.25) is 0 Å². The standard InChI is InChI=1S/C12H30O2S4Si2/c1-11(9-19(3,4)13)7-18(17-16-15)8-12(2)10-20(5,6)14/h11-14H,7-10H2,1-6H3. The number of hydrogen-bond acceptors (Lipinski definition) is 3. The Kier molecular flexibility index (Phi) is 10.1. The molecule has 0 fully saturated rings. The predicted molar refractivity (Wildman–Crippen MR) is 107 cm³/mol. The number of hydrogen-bond donors (Lipinski definition) is 2. The topological polar surface area (TPSA) is 40.5 Å². The molecule has 2 N–H and O–H groups in total. The van der Waals surface area contributed by atoms with Gasteiger partial charge in [0.05, 0.1) is 0 Å². The van der Waals surface area contributed by atoms with Crippen molar-refractivity contribution < 1.29 is 9.59 Å².